The average molecular weight is 703 g/mol. The second-order valence-electron chi connectivity index (χ2n) is 9.30. The molecule has 0 aliphatic carbocycles. The van der Waals surface area contributed by atoms with Crippen LogP contribution in [0.3, 0.4) is 0 Å². The van der Waals surface area contributed by atoms with Crippen molar-refractivity contribution in [1.82, 2.24) is 29.4 Å². The fraction of sp³-hybridized carbons (Fsp3) is 0.800. The van der Waals surface area contributed by atoms with Crippen LogP contribution < -0.4 is 0 Å². The van der Waals surface area contributed by atoms with Crippen LogP contribution in [0.4, 0.5) is 14.4 Å². The van der Waals surface area contributed by atoms with E-state index in [1.54, 1.807) is 47.0 Å². The van der Waals surface area contributed by atoms with Crippen LogP contribution in [0, 0.1) is 0 Å². The van der Waals surface area contributed by atoms with Gasteiger partial charge in [-0.15, -0.1) is 0 Å². The molecule has 18 nitrogen and oxygen atoms in total. The Kier molecular flexibility index (Phi) is 40.5. The maximum absolute atomic E-state index is 11.6. The molecule has 0 rings (SSSR count). The number of hydrogen-bond donors (Lipinski definition) is 0. The van der Waals surface area contributed by atoms with E-state index in [0.717, 1.165) is 4.90 Å². The second kappa shape index (κ2) is 34.4. The van der Waals surface area contributed by atoms with E-state index in [1.807, 2.05) is 6.92 Å². The summed E-state index contributed by atoms with van der Waals surface area (Å²) in [6.45, 7) is 5.44. The van der Waals surface area contributed by atoms with Crippen molar-refractivity contribution in [3.63, 3.8) is 0 Å². The van der Waals surface area contributed by atoms with Crippen LogP contribution in [0.2, 0.25) is 0 Å². The zero-order valence-electron chi connectivity index (χ0n) is 28.9. The molecule has 6 amide bonds. The van der Waals surface area contributed by atoms with E-state index in [9.17, 15) is 28.8 Å². The molecule has 0 radical (unpaired) electrons. The number of carbonyl (C=O) groups excluding carboxylic acids is 6. The summed E-state index contributed by atoms with van der Waals surface area (Å²) in [4.78, 5) is 75.1. The number of amides is 6. The fourth-order valence-corrected chi connectivity index (χ4v) is 2.55. The summed E-state index contributed by atoms with van der Waals surface area (Å²) in [5.74, 6) is -0.105. The zero-order chi connectivity index (χ0) is 35.5. The number of carbonyl (C=O) groups is 6. The first-order chi connectivity index (χ1) is 21.1. The van der Waals surface area contributed by atoms with Gasteiger partial charge in [0.15, 0.2) is 20.2 Å². The lowest BCUT2D eigenvalue weighted by atomic mass is 10.4. The minimum atomic E-state index is -0.701. The van der Waals surface area contributed by atoms with Crippen LogP contribution in [0.5, 0.6) is 0 Å². The number of methoxy groups -OCH3 is 3. The Hall–Kier alpha value is -3.90. The van der Waals surface area contributed by atoms with E-state index in [-0.39, 0.29) is 73.7 Å². The van der Waals surface area contributed by atoms with Crippen molar-refractivity contribution in [3.8, 4) is 0 Å². The zero-order valence-corrected chi connectivity index (χ0v) is 28.9. The van der Waals surface area contributed by atoms with Crippen molar-refractivity contribution >= 4 is 36.0 Å². The molecular formula is C30H66N6O12. The predicted octanol–water partition coefficient (Wildman–Crippen LogP) is 3.36. The summed E-state index contributed by atoms with van der Waals surface area (Å²) in [7, 11) is 13.8. The van der Waals surface area contributed by atoms with E-state index in [1.165, 1.54) is 55.0 Å². The SMILES string of the molecule is C.C.C.CCC(=O)N(C)COC.CCC(=O)N(C)COC(=O)N(C)COC.CCC(=O)N(C)COC(=O)N(C)COC(=O)N(C)COC. The van der Waals surface area contributed by atoms with Crippen molar-refractivity contribution in [1.29, 1.82) is 0 Å². The molecule has 0 aliphatic rings. The van der Waals surface area contributed by atoms with E-state index in [2.05, 4.69) is 0 Å². The summed E-state index contributed by atoms with van der Waals surface area (Å²) < 4.78 is 28.8. The molecule has 18 heteroatoms. The largest absolute Gasteiger partial charge is 0.428 e. The Labute approximate surface area is 289 Å². The molecule has 0 atom stereocenters. The van der Waals surface area contributed by atoms with Crippen molar-refractivity contribution in [3.05, 3.63) is 0 Å². The summed E-state index contributed by atoms with van der Waals surface area (Å²) in [6, 6.07) is 0. The van der Waals surface area contributed by atoms with Gasteiger partial charge in [-0.2, -0.15) is 0 Å². The van der Waals surface area contributed by atoms with Crippen LogP contribution in [-0.2, 0) is 42.8 Å². The Bertz CT molecular complexity index is 881. The molecule has 48 heavy (non-hydrogen) atoms. The minimum Gasteiger partial charge on any atom is -0.428 e. The van der Waals surface area contributed by atoms with Gasteiger partial charge in [0.2, 0.25) is 17.7 Å². The van der Waals surface area contributed by atoms with Crippen molar-refractivity contribution in [2.75, 3.05) is 104 Å². The molecule has 0 saturated heterocycles. The lowest BCUT2D eigenvalue weighted by Gasteiger charge is -2.22. The van der Waals surface area contributed by atoms with Crippen molar-refractivity contribution < 1.29 is 57.2 Å². The quantitative estimate of drug-likeness (QED) is 0.180. The average Bonchev–Trinajstić information content (AvgIpc) is 3.03. The Balaban J connectivity index is -0.000000144. The summed E-state index contributed by atoms with van der Waals surface area (Å²) in [5.41, 5.74) is 0. The highest BCUT2D eigenvalue weighted by Crippen LogP contribution is 1.98. The van der Waals surface area contributed by atoms with Gasteiger partial charge in [0, 0.05) is 82.9 Å². The van der Waals surface area contributed by atoms with E-state index >= 15 is 0 Å². The maximum atomic E-state index is 11.6. The third kappa shape index (κ3) is 28.3. The minimum absolute atomic E-state index is 0. The van der Waals surface area contributed by atoms with Crippen LogP contribution in [-0.4, -0.2) is 169 Å². The first-order valence-electron chi connectivity index (χ1n) is 13.9. The van der Waals surface area contributed by atoms with Gasteiger partial charge in [0.1, 0.15) is 20.2 Å². The first-order valence-corrected chi connectivity index (χ1v) is 13.9. The van der Waals surface area contributed by atoms with Gasteiger partial charge in [0.25, 0.3) is 0 Å². The number of hydrogen-bond acceptors (Lipinski definition) is 12. The third-order valence-electron chi connectivity index (χ3n) is 5.23. The number of rotatable bonds is 15. The van der Waals surface area contributed by atoms with E-state index in [0.29, 0.717) is 26.0 Å². The van der Waals surface area contributed by atoms with Gasteiger partial charge >= 0.3 is 18.3 Å². The summed E-state index contributed by atoms with van der Waals surface area (Å²) >= 11 is 0. The lowest BCUT2D eigenvalue weighted by molar-refractivity contribution is -0.134. The first kappa shape index (κ1) is 56.4. The highest BCUT2D eigenvalue weighted by molar-refractivity contribution is 5.76. The van der Waals surface area contributed by atoms with Crippen LogP contribution in [0.1, 0.15) is 62.3 Å². The van der Waals surface area contributed by atoms with Gasteiger partial charge in [0.05, 0.1) is 0 Å². The highest BCUT2D eigenvalue weighted by atomic mass is 16.6. The smallest absolute Gasteiger partial charge is 0.413 e. The molecule has 0 aromatic rings. The molecule has 0 saturated carbocycles. The van der Waals surface area contributed by atoms with Crippen LogP contribution >= 0.6 is 0 Å². The topological polar surface area (TPSA) is 177 Å². The van der Waals surface area contributed by atoms with Gasteiger partial charge in [-0.05, 0) is 0 Å². The molecule has 0 spiro atoms. The molecule has 0 unspecified atom stereocenters. The Morgan fingerprint density at radius 1 is 0.375 bits per heavy atom. The van der Waals surface area contributed by atoms with Crippen molar-refractivity contribution in [2.45, 2.75) is 62.3 Å². The number of nitrogens with zero attached hydrogens (tertiary/aromatic N) is 6. The highest BCUT2D eigenvalue weighted by Gasteiger charge is 2.16. The second-order valence-corrected chi connectivity index (χ2v) is 9.30. The monoisotopic (exact) mass is 702 g/mol. The van der Waals surface area contributed by atoms with Gasteiger partial charge in [-0.25, -0.2) is 14.4 Å². The molecular weight excluding hydrogens is 636 g/mol. The molecule has 0 heterocycles. The fourth-order valence-electron chi connectivity index (χ4n) is 2.55. The maximum Gasteiger partial charge on any atom is 0.413 e. The molecule has 0 aromatic heterocycles. The Morgan fingerprint density at radius 3 is 0.792 bits per heavy atom. The third-order valence-corrected chi connectivity index (χ3v) is 5.23. The normalized spacial score (nSPS) is 9.00. The van der Waals surface area contributed by atoms with E-state index in [4.69, 9.17) is 28.4 Å². The van der Waals surface area contributed by atoms with Gasteiger partial charge in [-0.3, -0.25) is 29.1 Å². The van der Waals surface area contributed by atoms with Crippen LogP contribution in [0.15, 0.2) is 0 Å². The molecule has 0 fully saturated rings. The lowest BCUT2D eigenvalue weighted by Crippen LogP contribution is -2.37. The van der Waals surface area contributed by atoms with Gasteiger partial charge in [-0.1, -0.05) is 43.1 Å². The molecule has 0 N–H and O–H groups in total. The molecule has 0 bridgehead atoms. The number of ether oxygens (including phenoxy) is 6. The van der Waals surface area contributed by atoms with Crippen molar-refractivity contribution in [2.24, 2.45) is 0 Å². The molecule has 288 valence electrons. The predicted molar refractivity (Wildman–Crippen MR) is 182 cm³/mol. The van der Waals surface area contributed by atoms with Gasteiger partial charge < -0.3 is 43.1 Å². The molecule has 0 aliphatic heterocycles. The Morgan fingerprint density at radius 2 is 0.562 bits per heavy atom. The molecule has 0 aromatic carbocycles. The summed E-state index contributed by atoms with van der Waals surface area (Å²) in [5, 5.41) is 0. The van der Waals surface area contributed by atoms with Crippen LogP contribution in [0.25, 0.3) is 0 Å². The van der Waals surface area contributed by atoms with E-state index < -0.39 is 18.3 Å². The standard InChI is InChI=1S/C12H23N3O6.C9H18N2O4.C6H13NO2.3CH4/c1-6-10(16)13(2)8-20-12(18)15(4)9-21-11(17)14(3)7-19-5;1-5-8(12)10(2)7-15-9(13)11(3)6-14-4;1-4-6(8)7(2)5-9-3;;;/h6-9H2,1-5H3;5-7H2,1-4H3;4-5H2,1-3H3;3*1H4. The summed E-state index contributed by atoms with van der Waals surface area (Å²) in [6.07, 6.45) is -0.592.